The number of halogens is 2. The van der Waals surface area contributed by atoms with Crippen LogP contribution in [0, 0.1) is 0 Å². The van der Waals surface area contributed by atoms with Crippen LogP contribution >= 0.6 is 23.2 Å². The maximum absolute atomic E-state index is 6.18. The van der Waals surface area contributed by atoms with Crippen molar-refractivity contribution in [3.05, 3.63) is 34.6 Å². The predicted molar refractivity (Wildman–Crippen MR) is 70.5 cm³/mol. The first-order chi connectivity index (χ1) is 7.91. The minimum atomic E-state index is -0.124. The molecule has 2 rings (SSSR count). The smallest absolute Gasteiger partial charge is 0.167 e. The van der Waals surface area contributed by atoms with Crippen LogP contribution in [0.2, 0.25) is 10.0 Å². The highest BCUT2D eigenvalue weighted by Crippen LogP contribution is 2.34. The van der Waals surface area contributed by atoms with E-state index in [1.807, 2.05) is 10.6 Å². The van der Waals surface area contributed by atoms with Crippen LogP contribution in [-0.2, 0) is 5.54 Å². The second kappa shape index (κ2) is 4.31. The standard InChI is InChI=1S/C12H13Cl2N3/c1-12(2,3)17-7-15-16-11(17)10-8(13)5-4-6-9(10)14/h4-7H,1-3H3. The van der Waals surface area contributed by atoms with Crippen molar-refractivity contribution in [2.24, 2.45) is 0 Å². The Hall–Kier alpha value is -1.06. The second-order valence-electron chi connectivity index (χ2n) is 4.79. The summed E-state index contributed by atoms with van der Waals surface area (Å²) in [5.74, 6) is 0.688. The van der Waals surface area contributed by atoms with Gasteiger partial charge in [0.15, 0.2) is 5.82 Å². The van der Waals surface area contributed by atoms with Crippen molar-refractivity contribution in [2.45, 2.75) is 26.3 Å². The summed E-state index contributed by atoms with van der Waals surface area (Å²) in [6, 6.07) is 5.40. The molecule has 0 aliphatic rings. The van der Waals surface area contributed by atoms with E-state index in [1.54, 1.807) is 18.5 Å². The molecule has 0 aliphatic heterocycles. The summed E-state index contributed by atoms with van der Waals surface area (Å²) < 4.78 is 1.96. The van der Waals surface area contributed by atoms with Gasteiger partial charge in [-0.05, 0) is 32.9 Å². The average Bonchev–Trinajstić information content (AvgIpc) is 2.65. The summed E-state index contributed by atoms with van der Waals surface area (Å²) in [4.78, 5) is 0. The molecule has 1 aromatic heterocycles. The van der Waals surface area contributed by atoms with E-state index < -0.39 is 0 Å². The molecule has 0 atom stereocenters. The molecular formula is C12H13Cl2N3. The summed E-state index contributed by atoms with van der Waals surface area (Å²) in [5.41, 5.74) is 0.602. The Bertz CT molecular complexity index is 521. The summed E-state index contributed by atoms with van der Waals surface area (Å²) in [6.07, 6.45) is 1.69. The number of rotatable bonds is 1. The maximum Gasteiger partial charge on any atom is 0.167 e. The first-order valence-electron chi connectivity index (χ1n) is 5.26. The van der Waals surface area contributed by atoms with Gasteiger partial charge in [-0.2, -0.15) is 0 Å². The number of benzene rings is 1. The van der Waals surface area contributed by atoms with Crippen LogP contribution in [0.25, 0.3) is 11.4 Å². The van der Waals surface area contributed by atoms with Crippen molar-refractivity contribution in [1.29, 1.82) is 0 Å². The van der Waals surface area contributed by atoms with Crippen LogP contribution in [-0.4, -0.2) is 14.8 Å². The van der Waals surface area contributed by atoms with Gasteiger partial charge in [0.2, 0.25) is 0 Å². The lowest BCUT2D eigenvalue weighted by molar-refractivity contribution is 0.400. The Morgan fingerprint density at radius 2 is 1.71 bits per heavy atom. The molecule has 1 heterocycles. The van der Waals surface area contributed by atoms with Crippen LogP contribution in [0.4, 0.5) is 0 Å². The zero-order valence-electron chi connectivity index (χ0n) is 9.91. The first-order valence-corrected chi connectivity index (χ1v) is 6.02. The lowest BCUT2D eigenvalue weighted by Crippen LogP contribution is -2.22. The van der Waals surface area contributed by atoms with Gasteiger partial charge in [0.1, 0.15) is 6.33 Å². The zero-order valence-corrected chi connectivity index (χ0v) is 11.4. The van der Waals surface area contributed by atoms with E-state index >= 15 is 0 Å². The lowest BCUT2D eigenvalue weighted by atomic mass is 10.1. The fourth-order valence-corrected chi connectivity index (χ4v) is 2.17. The number of hydrogen-bond acceptors (Lipinski definition) is 2. The Kier molecular flexibility index (Phi) is 3.15. The first kappa shape index (κ1) is 12.4. The van der Waals surface area contributed by atoms with Crippen molar-refractivity contribution >= 4 is 23.2 Å². The minimum absolute atomic E-state index is 0.124. The fraction of sp³-hybridized carbons (Fsp3) is 0.333. The van der Waals surface area contributed by atoms with Crippen LogP contribution in [0.1, 0.15) is 20.8 Å². The average molecular weight is 270 g/mol. The van der Waals surface area contributed by atoms with E-state index in [1.165, 1.54) is 0 Å². The molecule has 0 N–H and O–H groups in total. The Balaban J connectivity index is 2.66. The molecule has 2 aromatic rings. The van der Waals surface area contributed by atoms with E-state index in [0.29, 0.717) is 15.9 Å². The molecule has 0 saturated carbocycles. The molecule has 0 spiro atoms. The molecular weight excluding hydrogens is 257 g/mol. The van der Waals surface area contributed by atoms with Gasteiger partial charge in [-0.25, -0.2) is 0 Å². The Morgan fingerprint density at radius 3 is 2.24 bits per heavy atom. The SMILES string of the molecule is CC(C)(C)n1cnnc1-c1c(Cl)cccc1Cl. The highest BCUT2D eigenvalue weighted by Gasteiger charge is 2.21. The van der Waals surface area contributed by atoms with Crippen molar-refractivity contribution in [2.75, 3.05) is 0 Å². The molecule has 90 valence electrons. The second-order valence-corrected chi connectivity index (χ2v) is 5.61. The molecule has 0 radical (unpaired) electrons. The molecule has 5 heteroatoms. The molecule has 0 unspecified atom stereocenters. The van der Waals surface area contributed by atoms with Crippen LogP contribution in [0.15, 0.2) is 24.5 Å². The summed E-state index contributed by atoms with van der Waals surface area (Å²) in [6.45, 7) is 6.22. The van der Waals surface area contributed by atoms with Crippen LogP contribution < -0.4 is 0 Å². The van der Waals surface area contributed by atoms with Crippen molar-refractivity contribution in [3.63, 3.8) is 0 Å². The summed E-state index contributed by atoms with van der Waals surface area (Å²) in [5, 5.41) is 9.22. The van der Waals surface area contributed by atoms with E-state index in [0.717, 1.165) is 5.56 Å². The molecule has 0 amide bonds. The molecule has 0 saturated heterocycles. The largest absolute Gasteiger partial charge is 0.308 e. The highest BCUT2D eigenvalue weighted by atomic mass is 35.5. The number of aromatic nitrogens is 3. The van der Waals surface area contributed by atoms with Crippen LogP contribution in [0.5, 0.6) is 0 Å². The summed E-state index contributed by atoms with van der Waals surface area (Å²) >= 11 is 12.4. The number of hydrogen-bond donors (Lipinski definition) is 0. The Morgan fingerprint density at radius 1 is 1.12 bits per heavy atom. The van der Waals surface area contributed by atoms with E-state index in [4.69, 9.17) is 23.2 Å². The molecule has 17 heavy (non-hydrogen) atoms. The van der Waals surface area contributed by atoms with Crippen molar-refractivity contribution in [1.82, 2.24) is 14.8 Å². The fourth-order valence-electron chi connectivity index (χ4n) is 1.61. The molecule has 3 nitrogen and oxygen atoms in total. The van der Waals surface area contributed by atoms with Crippen molar-refractivity contribution < 1.29 is 0 Å². The quantitative estimate of drug-likeness (QED) is 0.783. The maximum atomic E-state index is 6.18. The van der Waals surface area contributed by atoms with E-state index in [2.05, 4.69) is 31.0 Å². The molecule has 1 aromatic carbocycles. The van der Waals surface area contributed by atoms with Crippen molar-refractivity contribution in [3.8, 4) is 11.4 Å². The van der Waals surface area contributed by atoms with Gasteiger partial charge in [-0.3, -0.25) is 0 Å². The lowest BCUT2D eigenvalue weighted by Gasteiger charge is -2.22. The van der Waals surface area contributed by atoms with E-state index in [9.17, 15) is 0 Å². The minimum Gasteiger partial charge on any atom is -0.308 e. The molecule has 0 bridgehead atoms. The summed E-state index contributed by atoms with van der Waals surface area (Å²) in [7, 11) is 0. The third kappa shape index (κ3) is 2.31. The number of nitrogens with zero attached hydrogens (tertiary/aromatic N) is 3. The van der Waals surface area contributed by atoms with E-state index in [-0.39, 0.29) is 5.54 Å². The monoisotopic (exact) mass is 269 g/mol. The normalized spacial score (nSPS) is 11.8. The van der Waals surface area contributed by atoms with Gasteiger partial charge >= 0.3 is 0 Å². The Labute approximate surface area is 110 Å². The molecule has 0 fully saturated rings. The predicted octanol–water partition coefficient (Wildman–Crippen LogP) is 4.01. The van der Waals surface area contributed by atoms with Crippen LogP contribution in [0.3, 0.4) is 0 Å². The van der Waals surface area contributed by atoms with Gasteiger partial charge in [-0.1, -0.05) is 29.3 Å². The van der Waals surface area contributed by atoms with Gasteiger partial charge in [-0.15, -0.1) is 10.2 Å². The molecule has 0 aliphatic carbocycles. The van der Waals surface area contributed by atoms with Gasteiger partial charge in [0.25, 0.3) is 0 Å². The van der Waals surface area contributed by atoms with Gasteiger partial charge < -0.3 is 4.57 Å². The zero-order chi connectivity index (χ0) is 12.6. The third-order valence-electron chi connectivity index (χ3n) is 2.46. The van der Waals surface area contributed by atoms with Gasteiger partial charge in [0.05, 0.1) is 15.6 Å². The third-order valence-corrected chi connectivity index (χ3v) is 3.09. The topological polar surface area (TPSA) is 30.7 Å². The van der Waals surface area contributed by atoms with Gasteiger partial charge in [0, 0.05) is 5.54 Å². The highest BCUT2D eigenvalue weighted by molar-refractivity contribution is 6.38.